The first-order valence-electron chi connectivity index (χ1n) is 3.42. The van der Waals surface area contributed by atoms with E-state index in [1.165, 1.54) is 6.34 Å². The van der Waals surface area contributed by atoms with E-state index in [1.807, 2.05) is 12.2 Å². The highest BCUT2D eigenvalue weighted by Gasteiger charge is 2.07. The first-order valence-corrected chi connectivity index (χ1v) is 3.80. The molecule has 1 radical (unpaired) electrons. The van der Waals surface area contributed by atoms with Gasteiger partial charge in [-0.3, -0.25) is 0 Å². The number of rotatable bonds is 0. The van der Waals surface area contributed by atoms with E-state index in [2.05, 4.69) is 15.2 Å². The van der Waals surface area contributed by atoms with E-state index < -0.39 is 0 Å². The summed E-state index contributed by atoms with van der Waals surface area (Å²) in [6.45, 7) is 0. The van der Waals surface area contributed by atoms with Crippen molar-refractivity contribution in [1.29, 1.82) is 0 Å². The lowest BCUT2D eigenvalue weighted by Crippen LogP contribution is -1.86. The van der Waals surface area contributed by atoms with E-state index in [1.54, 1.807) is 12.2 Å². The minimum absolute atomic E-state index is 0.631. The topological polar surface area (TPSA) is 37.1 Å². The van der Waals surface area contributed by atoms with E-state index in [4.69, 9.17) is 11.6 Å². The van der Waals surface area contributed by atoms with Gasteiger partial charge < -0.3 is 0 Å². The summed E-state index contributed by atoms with van der Waals surface area (Å²) in [5.74, 6) is 0.631. The van der Waals surface area contributed by atoms with Crippen LogP contribution in [0, 0.1) is 5.38 Å². The molecule has 0 saturated carbocycles. The maximum Gasteiger partial charge on any atom is 0.183 e. The van der Waals surface area contributed by atoms with Gasteiger partial charge in [-0.05, 0) is 0 Å². The Labute approximate surface area is 74.9 Å². The van der Waals surface area contributed by atoms with Gasteiger partial charge in [-0.25, -0.2) is 4.99 Å². The van der Waals surface area contributed by atoms with Crippen molar-refractivity contribution in [2.24, 2.45) is 15.2 Å². The summed E-state index contributed by atoms with van der Waals surface area (Å²) in [4.78, 5) is 3.95. The van der Waals surface area contributed by atoms with Gasteiger partial charge >= 0.3 is 0 Å². The van der Waals surface area contributed by atoms with Crippen molar-refractivity contribution < 1.29 is 0 Å². The van der Waals surface area contributed by atoms with E-state index in [9.17, 15) is 0 Å². The van der Waals surface area contributed by atoms with Crippen LogP contribution >= 0.6 is 11.6 Å². The Bertz CT molecular complexity index is 306. The Morgan fingerprint density at radius 2 is 1.83 bits per heavy atom. The van der Waals surface area contributed by atoms with Gasteiger partial charge in [-0.1, -0.05) is 24.3 Å². The average molecular weight is 179 g/mol. The lowest BCUT2D eigenvalue weighted by atomic mass is 10.1. The molecule has 0 N–H and O–H groups in total. The molecule has 0 unspecified atom stereocenters. The number of aliphatic imine (C=N–C) groups is 1. The standard InChI is InChI=1S/C8H5ClN3/c9-7-3-1-6(2-4-7)8-10-5-11-12-8/h1-5H. The van der Waals surface area contributed by atoms with Gasteiger partial charge in [0.1, 0.15) is 11.7 Å². The Kier molecular flexibility index (Phi) is 1.87. The SMILES string of the molecule is Cl[C]1C=CC(=C2N=CN=N2)C=C1. The van der Waals surface area contributed by atoms with Crippen LogP contribution in [-0.2, 0) is 0 Å². The highest BCUT2D eigenvalue weighted by molar-refractivity contribution is 6.30. The van der Waals surface area contributed by atoms with Crippen molar-refractivity contribution in [2.45, 2.75) is 0 Å². The van der Waals surface area contributed by atoms with Crippen LogP contribution in [0.3, 0.4) is 0 Å². The molecule has 0 atom stereocenters. The molecule has 1 aliphatic heterocycles. The van der Waals surface area contributed by atoms with E-state index in [-0.39, 0.29) is 0 Å². The summed E-state index contributed by atoms with van der Waals surface area (Å²) >= 11 is 5.72. The van der Waals surface area contributed by atoms with Crippen LogP contribution in [0.15, 0.2) is 50.9 Å². The van der Waals surface area contributed by atoms with Crippen LogP contribution in [0.1, 0.15) is 0 Å². The summed E-state index contributed by atoms with van der Waals surface area (Å²) in [6.07, 6.45) is 8.74. The monoisotopic (exact) mass is 178 g/mol. The molecule has 0 spiro atoms. The first kappa shape index (κ1) is 7.43. The number of nitrogens with zero attached hydrogens (tertiary/aromatic N) is 3. The Hall–Kier alpha value is -1.22. The Balaban J connectivity index is 2.32. The molecule has 0 aromatic heterocycles. The van der Waals surface area contributed by atoms with Gasteiger partial charge in [-0.2, -0.15) is 0 Å². The number of halogens is 1. The first-order chi connectivity index (χ1) is 5.86. The normalized spacial score (nSPS) is 21.4. The van der Waals surface area contributed by atoms with E-state index in [0.29, 0.717) is 11.2 Å². The van der Waals surface area contributed by atoms with Gasteiger partial charge in [0, 0.05) is 5.57 Å². The third-order valence-electron chi connectivity index (χ3n) is 1.49. The van der Waals surface area contributed by atoms with Crippen LogP contribution in [-0.4, -0.2) is 6.34 Å². The van der Waals surface area contributed by atoms with E-state index >= 15 is 0 Å². The maximum absolute atomic E-state index is 5.72. The van der Waals surface area contributed by atoms with Gasteiger partial charge in [0.2, 0.25) is 0 Å². The molecule has 0 aromatic carbocycles. The van der Waals surface area contributed by atoms with Crippen LogP contribution in [0.2, 0.25) is 0 Å². The second kappa shape index (κ2) is 3.03. The molecular weight excluding hydrogens is 174 g/mol. The Morgan fingerprint density at radius 3 is 2.42 bits per heavy atom. The predicted molar refractivity (Wildman–Crippen MR) is 47.8 cm³/mol. The smallest absolute Gasteiger partial charge is 0.183 e. The van der Waals surface area contributed by atoms with Crippen LogP contribution < -0.4 is 0 Å². The Morgan fingerprint density at radius 1 is 1.08 bits per heavy atom. The van der Waals surface area contributed by atoms with Gasteiger partial charge in [0.05, 0.1) is 0 Å². The van der Waals surface area contributed by atoms with Crippen LogP contribution in [0.4, 0.5) is 0 Å². The van der Waals surface area contributed by atoms with Gasteiger partial charge in [-0.15, -0.1) is 21.8 Å². The zero-order chi connectivity index (χ0) is 8.39. The third kappa shape index (κ3) is 1.36. The maximum atomic E-state index is 5.72. The summed E-state index contributed by atoms with van der Waals surface area (Å²) in [7, 11) is 0. The molecule has 2 rings (SSSR count). The quantitative estimate of drug-likeness (QED) is 0.547. The molecule has 2 aliphatic rings. The molecule has 0 bridgehead atoms. The zero-order valence-corrected chi connectivity index (χ0v) is 6.86. The molecule has 1 aliphatic carbocycles. The molecule has 59 valence electrons. The minimum atomic E-state index is 0.631. The summed E-state index contributed by atoms with van der Waals surface area (Å²) in [6, 6.07) is 0. The number of hydrogen-bond donors (Lipinski definition) is 0. The molecular formula is C8H5ClN3. The molecule has 1 heterocycles. The highest BCUT2D eigenvalue weighted by atomic mass is 35.5. The number of allylic oxidation sites excluding steroid dienone is 5. The van der Waals surface area contributed by atoms with Crippen molar-refractivity contribution >= 4 is 17.9 Å². The minimum Gasteiger partial charge on any atom is -0.213 e. The lowest BCUT2D eigenvalue weighted by Gasteiger charge is -2.02. The average Bonchev–Trinajstić information content (AvgIpc) is 2.58. The van der Waals surface area contributed by atoms with Crippen molar-refractivity contribution in [1.82, 2.24) is 0 Å². The molecule has 0 saturated heterocycles. The summed E-state index contributed by atoms with van der Waals surface area (Å²) < 4.78 is 0. The molecule has 4 heteroatoms. The van der Waals surface area contributed by atoms with Crippen molar-refractivity contribution in [3.8, 4) is 0 Å². The van der Waals surface area contributed by atoms with Crippen molar-refractivity contribution in [3.05, 3.63) is 41.1 Å². The fraction of sp³-hybridized carbons (Fsp3) is 0. The molecule has 0 fully saturated rings. The fourth-order valence-corrected chi connectivity index (χ4v) is 1.04. The molecule has 0 amide bonds. The van der Waals surface area contributed by atoms with Crippen molar-refractivity contribution in [3.63, 3.8) is 0 Å². The molecule has 12 heavy (non-hydrogen) atoms. The van der Waals surface area contributed by atoms with Gasteiger partial charge in [0.15, 0.2) is 5.82 Å². The number of hydrogen-bond acceptors (Lipinski definition) is 3. The summed E-state index contributed by atoms with van der Waals surface area (Å²) in [5.41, 5.74) is 0.928. The van der Waals surface area contributed by atoms with Crippen LogP contribution in [0.25, 0.3) is 0 Å². The van der Waals surface area contributed by atoms with Gasteiger partial charge in [0.25, 0.3) is 0 Å². The number of azo groups is 1. The predicted octanol–water partition coefficient (Wildman–Crippen LogP) is 2.59. The second-order valence-corrected chi connectivity index (χ2v) is 2.73. The molecule has 0 aromatic rings. The third-order valence-corrected chi connectivity index (χ3v) is 1.74. The van der Waals surface area contributed by atoms with E-state index in [0.717, 1.165) is 5.57 Å². The highest BCUT2D eigenvalue weighted by Crippen LogP contribution is 2.23. The fourth-order valence-electron chi connectivity index (χ4n) is 0.918. The largest absolute Gasteiger partial charge is 0.213 e. The molecule has 3 nitrogen and oxygen atoms in total. The second-order valence-electron chi connectivity index (χ2n) is 2.29. The van der Waals surface area contributed by atoms with Crippen LogP contribution in [0.5, 0.6) is 0 Å². The summed E-state index contributed by atoms with van der Waals surface area (Å²) in [5, 5.41) is 8.15. The van der Waals surface area contributed by atoms with Crippen molar-refractivity contribution in [2.75, 3.05) is 0 Å². The zero-order valence-electron chi connectivity index (χ0n) is 6.11. The lowest BCUT2D eigenvalue weighted by molar-refractivity contribution is 1.17.